The van der Waals surface area contributed by atoms with Crippen molar-refractivity contribution in [1.82, 2.24) is 10.6 Å². The monoisotopic (exact) mass is 485 g/mol. The van der Waals surface area contributed by atoms with Crippen LogP contribution in [-0.4, -0.2) is 40.4 Å². The molecule has 0 bridgehead atoms. The summed E-state index contributed by atoms with van der Waals surface area (Å²) < 4.78 is 16.4. The lowest BCUT2D eigenvalue weighted by atomic mass is 10.2. The highest BCUT2D eigenvalue weighted by Gasteiger charge is 2.06. The number of hydrogen-bond donors (Lipinski definition) is 2. The predicted octanol–water partition coefficient (Wildman–Crippen LogP) is 3.37. The third-order valence-electron chi connectivity index (χ3n) is 3.82. The number of guanidine groups is 1. The van der Waals surface area contributed by atoms with E-state index in [1.807, 2.05) is 49.4 Å². The summed E-state index contributed by atoms with van der Waals surface area (Å²) in [6, 6.07) is 13.7. The molecule has 0 atom stereocenters. The Balaban J connectivity index is 0.00000364. The first kappa shape index (κ1) is 22.9. The zero-order valence-corrected chi connectivity index (χ0v) is 18.6. The molecule has 0 amide bonds. The molecule has 0 heterocycles. The smallest absolute Gasteiger partial charge is 0.191 e. The van der Waals surface area contributed by atoms with E-state index in [1.165, 1.54) is 5.56 Å². The molecule has 148 valence electrons. The van der Waals surface area contributed by atoms with Crippen LogP contribution < -0.4 is 24.8 Å². The molecule has 2 aromatic rings. The molecule has 0 aliphatic rings. The minimum absolute atomic E-state index is 0. The lowest BCUT2D eigenvalue weighted by Crippen LogP contribution is -2.38. The third-order valence-corrected chi connectivity index (χ3v) is 3.82. The van der Waals surface area contributed by atoms with E-state index in [2.05, 4.69) is 15.6 Å². The van der Waals surface area contributed by atoms with Gasteiger partial charge in [0.2, 0.25) is 0 Å². The van der Waals surface area contributed by atoms with E-state index in [9.17, 15) is 0 Å². The van der Waals surface area contributed by atoms with Gasteiger partial charge in [0.1, 0.15) is 23.9 Å². The fourth-order valence-corrected chi connectivity index (χ4v) is 2.44. The molecule has 27 heavy (non-hydrogen) atoms. The van der Waals surface area contributed by atoms with E-state index in [0.29, 0.717) is 25.7 Å². The maximum Gasteiger partial charge on any atom is 0.191 e. The average Bonchev–Trinajstić information content (AvgIpc) is 2.67. The van der Waals surface area contributed by atoms with Crippen LogP contribution in [0.4, 0.5) is 0 Å². The van der Waals surface area contributed by atoms with E-state index >= 15 is 0 Å². The largest absolute Gasteiger partial charge is 0.497 e. The van der Waals surface area contributed by atoms with Gasteiger partial charge < -0.3 is 24.8 Å². The van der Waals surface area contributed by atoms with Gasteiger partial charge in [0.15, 0.2) is 5.96 Å². The molecule has 0 saturated carbocycles. The van der Waals surface area contributed by atoms with Crippen molar-refractivity contribution in [2.75, 3.05) is 34.4 Å². The maximum atomic E-state index is 5.73. The molecule has 2 rings (SSSR count). The molecule has 0 saturated heterocycles. The van der Waals surface area contributed by atoms with Gasteiger partial charge in [0, 0.05) is 25.2 Å². The van der Waals surface area contributed by atoms with E-state index < -0.39 is 0 Å². The fourth-order valence-electron chi connectivity index (χ4n) is 2.44. The Hall–Kier alpha value is -2.16. The van der Waals surface area contributed by atoms with Gasteiger partial charge in [0.25, 0.3) is 0 Å². The first-order valence-electron chi connectivity index (χ1n) is 8.51. The summed E-state index contributed by atoms with van der Waals surface area (Å²) in [4.78, 5) is 4.22. The average molecular weight is 485 g/mol. The zero-order chi connectivity index (χ0) is 18.8. The lowest BCUT2D eigenvalue weighted by Gasteiger charge is -2.15. The van der Waals surface area contributed by atoms with Gasteiger partial charge >= 0.3 is 0 Å². The van der Waals surface area contributed by atoms with Crippen LogP contribution in [-0.2, 0) is 6.54 Å². The summed E-state index contributed by atoms with van der Waals surface area (Å²) in [7, 11) is 5.02. The molecule has 0 aromatic heterocycles. The molecule has 6 nitrogen and oxygen atoms in total. The number of nitrogens with zero attached hydrogens (tertiary/aromatic N) is 1. The first-order valence-corrected chi connectivity index (χ1v) is 8.51. The molecule has 0 spiro atoms. The number of benzene rings is 2. The van der Waals surface area contributed by atoms with Crippen LogP contribution in [0.5, 0.6) is 17.2 Å². The minimum Gasteiger partial charge on any atom is -0.497 e. The second-order valence-electron chi connectivity index (χ2n) is 5.70. The van der Waals surface area contributed by atoms with Crippen LogP contribution in [0.25, 0.3) is 0 Å². The Morgan fingerprint density at radius 3 is 2.48 bits per heavy atom. The Morgan fingerprint density at radius 1 is 1.00 bits per heavy atom. The number of methoxy groups -OCH3 is 2. The molecule has 7 heteroatoms. The highest BCUT2D eigenvalue weighted by molar-refractivity contribution is 14.0. The molecule has 0 aliphatic carbocycles. The van der Waals surface area contributed by atoms with Crippen molar-refractivity contribution < 1.29 is 14.2 Å². The van der Waals surface area contributed by atoms with Crippen molar-refractivity contribution >= 4 is 29.9 Å². The number of ether oxygens (including phenoxy) is 3. The normalized spacial score (nSPS) is 10.6. The standard InChI is InChI=1S/C20H27N3O3.HI/c1-15-6-5-7-18(12-15)26-11-10-22-20(21-2)23-14-16-8-9-17(24-3)13-19(16)25-4;/h5-9,12-13H,10-11,14H2,1-4H3,(H2,21,22,23);1H. The number of rotatable bonds is 8. The molecule has 0 aliphatic heterocycles. The Labute approximate surface area is 178 Å². The van der Waals surface area contributed by atoms with Crippen molar-refractivity contribution in [3.05, 3.63) is 53.6 Å². The topological polar surface area (TPSA) is 64.1 Å². The number of nitrogens with one attached hydrogen (secondary N) is 2. The van der Waals surface area contributed by atoms with Gasteiger partial charge in [-0.15, -0.1) is 24.0 Å². The van der Waals surface area contributed by atoms with E-state index in [-0.39, 0.29) is 24.0 Å². The van der Waals surface area contributed by atoms with Crippen LogP contribution >= 0.6 is 24.0 Å². The summed E-state index contributed by atoms with van der Waals surface area (Å²) in [6.45, 7) is 3.83. The summed E-state index contributed by atoms with van der Waals surface area (Å²) in [5.41, 5.74) is 2.20. The van der Waals surface area contributed by atoms with E-state index in [4.69, 9.17) is 14.2 Å². The van der Waals surface area contributed by atoms with Crippen molar-refractivity contribution in [3.8, 4) is 17.2 Å². The second kappa shape index (κ2) is 12.3. The molecule has 2 aromatic carbocycles. The summed E-state index contributed by atoms with van der Waals surface area (Å²) in [6.07, 6.45) is 0. The summed E-state index contributed by atoms with van der Waals surface area (Å²) in [5, 5.41) is 6.50. The van der Waals surface area contributed by atoms with Crippen molar-refractivity contribution in [2.24, 2.45) is 4.99 Å². The van der Waals surface area contributed by atoms with Crippen molar-refractivity contribution in [3.63, 3.8) is 0 Å². The summed E-state index contributed by atoms with van der Waals surface area (Å²) in [5.74, 6) is 3.12. The molecule has 0 unspecified atom stereocenters. The minimum atomic E-state index is 0. The summed E-state index contributed by atoms with van der Waals surface area (Å²) >= 11 is 0. The highest BCUT2D eigenvalue weighted by Crippen LogP contribution is 2.24. The quantitative estimate of drug-likeness (QED) is 0.260. The number of aliphatic imine (C=N–C) groups is 1. The first-order chi connectivity index (χ1) is 12.7. The predicted molar refractivity (Wildman–Crippen MR) is 120 cm³/mol. The second-order valence-corrected chi connectivity index (χ2v) is 5.70. The van der Waals surface area contributed by atoms with Crippen LogP contribution in [0.1, 0.15) is 11.1 Å². The van der Waals surface area contributed by atoms with Gasteiger partial charge in [-0.3, -0.25) is 4.99 Å². The van der Waals surface area contributed by atoms with Crippen LogP contribution in [0.3, 0.4) is 0 Å². The third kappa shape index (κ3) is 7.54. The van der Waals surface area contributed by atoms with E-state index in [0.717, 1.165) is 22.8 Å². The van der Waals surface area contributed by atoms with Crippen LogP contribution in [0.15, 0.2) is 47.5 Å². The maximum absolute atomic E-state index is 5.73. The Bertz CT molecular complexity index is 738. The van der Waals surface area contributed by atoms with Gasteiger partial charge in [-0.1, -0.05) is 12.1 Å². The van der Waals surface area contributed by atoms with E-state index in [1.54, 1.807) is 21.3 Å². The number of halogens is 1. The lowest BCUT2D eigenvalue weighted by molar-refractivity contribution is 0.321. The molecule has 0 fully saturated rings. The van der Waals surface area contributed by atoms with Crippen LogP contribution in [0.2, 0.25) is 0 Å². The van der Waals surface area contributed by atoms with Gasteiger partial charge in [-0.2, -0.15) is 0 Å². The SMILES string of the molecule is CN=C(NCCOc1cccc(C)c1)NCc1ccc(OC)cc1OC.I. The van der Waals surface area contributed by atoms with Crippen molar-refractivity contribution in [1.29, 1.82) is 0 Å². The molecular weight excluding hydrogens is 457 g/mol. The Kier molecular flexibility index (Phi) is 10.4. The fraction of sp³-hybridized carbons (Fsp3) is 0.350. The van der Waals surface area contributed by atoms with Gasteiger partial charge in [0.05, 0.1) is 20.8 Å². The Morgan fingerprint density at radius 2 is 1.81 bits per heavy atom. The molecule has 0 radical (unpaired) electrons. The highest BCUT2D eigenvalue weighted by atomic mass is 127. The molecular formula is C20H28IN3O3. The van der Waals surface area contributed by atoms with Gasteiger partial charge in [-0.25, -0.2) is 0 Å². The zero-order valence-electron chi connectivity index (χ0n) is 16.2. The number of hydrogen-bond acceptors (Lipinski definition) is 4. The van der Waals surface area contributed by atoms with Gasteiger partial charge in [-0.05, 0) is 36.8 Å². The molecule has 2 N–H and O–H groups in total. The number of aryl methyl sites for hydroxylation is 1. The van der Waals surface area contributed by atoms with Crippen molar-refractivity contribution in [2.45, 2.75) is 13.5 Å². The van der Waals surface area contributed by atoms with Crippen LogP contribution in [0, 0.1) is 6.92 Å².